The lowest BCUT2D eigenvalue weighted by atomic mass is 9.84. The molecule has 2 nitrogen and oxygen atoms in total. The van der Waals surface area contributed by atoms with E-state index >= 15 is 0 Å². The molecule has 0 aromatic heterocycles. The number of likely N-dealkylation sites (N-methyl/N-ethyl adjacent to an activating group) is 1. The van der Waals surface area contributed by atoms with Gasteiger partial charge in [-0.2, -0.15) is 0 Å². The van der Waals surface area contributed by atoms with Crippen LogP contribution in [0, 0.1) is 11.8 Å². The average molecular weight is 261 g/mol. The summed E-state index contributed by atoms with van der Waals surface area (Å²) in [5, 5.41) is 0. The van der Waals surface area contributed by atoms with Crippen LogP contribution in [0.4, 0.5) is 5.69 Å². The summed E-state index contributed by atoms with van der Waals surface area (Å²) in [6, 6.07) is 8.50. The summed E-state index contributed by atoms with van der Waals surface area (Å²) >= 11 is 0. The zero-order valence-electron chi connectivity index (χ0n) is 10.9. The smallest absolute Gasteiger partial charge is 0.0621 e. The normalized spacial score (nSPS) is 34.7. The van der Waals surface area contributed by atoms with Gasteiger partial charge in [0.05, 0.1) is 27.4 Å². The summed E-state index contributed by atoms with van der Waals surface area (Å²) < 4.78 is 12.5. The Hall–Kier alpha value is -1.09. The third-order valence-corrected chi connectivity index (χ3v) is 5.66. The van der Waals surface area contributed by atoms with Crippen LogP contribution in [0.2, 0.25) is 0 Å². The molecule has 0 amide bonds. The number of allylic oxidation sites excluding steroid dienone is 1. The van der Waals surface area contributed by atoms with Crippen molar-refractivity contribution in [1.29, 1.82) is 0 Å². The van der Waals surface area contributed by atoms with E-state index in [1.54, 1.807) is 0 Å². The second kappa shape index (κ2) is 4.54. The Bertz CT molecular complexity index is 511. The monoisotopic (exact) mass is 261 g/mol. The SMILES string of the molecule is CC1C=C[C@H]2C(C1)CS(=O)c1ccccc1N2C. The Morgan fingerprint density at radius 2 is 2.06 bits per heavy atom. The predicted octanol–water partition coefficient (Wildman–Crippen LogP) is 2.82. The molecule has 1 aromatic rings. The molecule has 1 aliphatic carbocycles. The van der Waals surface area contributed by atoms with Gasteiger partial charge in [0.25, 0.3) is 0 Å². The van der Waals surface area contributed by atoms with E-state index in [9.17, 15) is 4.21 Å². The molecule has 3 rings (SSSR count). The molecule has 0 saturated heterocycles. The number of benzene rings is 1. The van der Waals surface area contributed by atoms with Gasteiger partial charge in [0, 0.05) is 12.8 Å². The lowest BCUT2D eigenvalue weighted by molar-refractivity contribution is 0.403. The van der Waals surface area contributed by atoms with Crippen molar-refractivity contribution < 1.29 is 4.21 Å². The highest BCUT2D eigenvalue weighted by Gasteiger charge is 2.34. The van der Waals surface area contributed by atoms with Gasteiger partial charge in [0.2, 0.25) is 0 Å². The number of hydrogen-bond donors (Lipinski definition) is 0. The first-order valence-electron chi connectivity index (χ1n) is 6.55. The summed E-state index contributed by atoms with van der Waals surface area (Å²) in [5.41, 5.74) is 1.13. The van der Waals surface area contributed by atoms with E-state index in [2.05, 4.69) is 37.1 Å². The number of anilines is 1. The Kier molecular flexibility index (Phi) is 3.02. The van der Waals surface area contributed by atoms with E-state index in [-0.39, 0.29) is 0 Å². The molecule has 0 fully saturated rings. The standard InChI is InChI=1S/C15H19NOS/c1-11-7-8-13-12(9-11)10-18(17)15-6-4-3-5-14(15)16(13)2/h3-8,11-13H,9-10H2,1-2H3/t11?,12?,13-,18?/m0/s1. The van der Waals surface area contributed by atoms with E-state index < -0.39 is 10.8 Å². The molecule has 0 N–H and O–H groups in total. The Morgan fingerprint density at radius 3 is 2.89 bits per heavy atom. The quantitative estimate of drug-likeness (QED) is 0.669. The Morgan fingerprint density at radius 1 is 1.28 bits per heavy atom. The molecule has 1 aromatic carbocycles. The number of fused-ring (bicyclic) bond motifs is 2. The van der Waals surface area contributed by atoms with Gasteiger partial charge in [-0.25, -0.2) is 0 Å². The maximum Gasteiger partial charge on any atom is 0.0621 e. The van der Waals surface area contributed by atoms with Crippen LogP contribution in [0.3, 0.4) is 0 Å². The van der Waals surface area contributed by atoms with Gasteiger partial charge in [-0.1, -0.05) is 31.2 Å². The number of nitrogens with zero attached hydrogens (tertiary/aromatic N) is 1. The molecular formula is C15H19NOS. The third kappa shape index (κ3) is 1.91. The second-order valence-corrected chi connectivity index (χ2v) is 6.90. The topological polar surface area (TPSA) is 20.3 Å². The first-order chi connectivity index (χ1) is 8.66. The van der Waals surface area contributed by atoms with Crippen molar-refractivity contribution in [2.45, 2.75) is 24.3 Å². The molecule has 4 atom stereocenters. The minimum absolute atomic E-state index is 0.397. The van der Waals surface area contributed by atoms with Crippen molar-refractivity contribution in [3.05, 3.63) is 36.4 Å². The van der Waals surface area contributed by atoms with Crippen LogP contribution in [-0.2, 0) is 10.8 Å². The summed E-state index contributed by atoms with van der Waals surface area (Å²) in [5.74, 6) is 1.90. The molecule has 1 heterocycles. The molecule has 0 radical (unpaired) electrons. The summed E-state index contributed by atoms with van der Waals surface area (Å²) in [7, 11) is 1.26. The van der Waals surface area contributed by atoms with E-state index in [1.807, 2.05) is 18.2 Å². The van der Waals surface area contributed by atoms with Gasteiger partial charge >= 0.3 is 0 Å². The van der Waals surface area contributed by atoms with Crippen molar-refractivity contribution in [3.63, 3.8) is 0 Å². The fraction of sp³-hybridized carbons (Fsp3) is 0.467. The number of rotatable bonds is 0. The van der Waals surface area contributed by atoms with Gasteiger partial charge in [-0.3, -0.25) is 4.21 Å². The van der Waals surface area contributed by atoms with Crippen LogP contribution < -0.4 is 4.90 Å². The lowest BCUT2D eigenvalue weighted by Gasteiger charge is -2.35. The van der Waals surface area contributed by atoms with Gasteiger partial charge < -0.3 is 4.90 Å². The fourth-order valence-electron chi connectivity index (χ4n) is 3.15. The van der Waals surface area contributed by atoms with Crippen molar-refractivity contribution in [3.8, 4) is 0 Å². The molecule has 3 unspecified atom stereocenters. The van der Waals surface area contributed by atoms with E-state index in [1.165, 1.54) is 0 Å². The van der Waals surface area contributed by atoms with Crippen LogP contribution in [-0.4, -0.2) is 23.1 Å². The molecule has 0 bridgehead atoms. The van der Waals surface area contributed by atoms with Crippen LogP contribution in [0.15, 0.2) is 41.3 Å². The molecular weight excluding hydrogens is 242 g/mol. The maximum absolute atomic E-state index is 12.5. The summed E-state index contributed by atoms with van der Waals surface area (Å²) in [6.45, 7) is 2.24. The van der Waals surface area contributed by atoms with Gasteiger partial charge in [0.15, 0.2) is 0 Å². The van der Waals surface area contributed by atoms with Crippen molar-refractivity contribution in [2.24, 2.45) is 11.8 Å². The van der Waals surface area contributed by atoms with Gasteiger partial charge in [-0.05, 0) is 30.4 Å². The van der Waals surface area contributed by atoms with Crippen molar-refractivity contribution >= 4 is 16.5 Å². The Labute approximate surface area is 111 Å². The van der Waals surface area contributed by atoms with Gasteiger partial charge in [-0.15, -0.1) is 0 Å². The zero-order chi connectivity index (χ0) is 12.7. The molecule has 2 aliphatic rings. The predicted molar refractivity (Wildman–Crippen MR) is 76.3 cm³/mol. The number of hydrogen-bond acceptors (Lipinski definition) is 2. The van der Waals surface area contributed by atoms with Crippen LogP contribution >= 0.6 is 0 Å². The van der Waals surface area contributed by atoms with Crippen LogP contribution in [0.25, 0.3) is 0 Å². The fourth-order valence-corrected chi connectivity index (χ4v) is 4.73. The molecule has 0 spiro atoms. The number of para-hydroxylation sites is 1. The molecule has 3 heteroatoms. The average Bonchev–Trinajstić information content (AvgIpc) is 2.47. The largest absolute Gasteiger partial charge is 0.367 e. The molecule has 96 valence electrons. The first-order valence-corrected chi connectivity index (χ1v) is 7.87. The minimum atomic E-state index is -0.862. The molecule has 1 aliphatic heterocycles. The van der Waals surface area contributed by atoms with Crippen LogP contribution in [0.5, 0.6) is 0 Å². The highest BCUT2D eigenvalue weighted by atomic mass is 32.2. The van der Waals surface area contributed by atoms with Crippen molar-refractivity contribution in [1.82, 2.24) is 0 Å². The van der Waals surface area contributed by atoms with E-state index in [4.69, 9.17) is 0 Å². The summed E-state index contributed by atoms with van der Waals surface area (Å²) in [6.07, 6.45) is 5.75. The van der Waals surface area contributed by atoms with Crippen molar-refractivity contribution in [2.75, 3.05) is 17.7 Å². The third-order valence-electron chi connectivity index (χ3n) is 4.10. The summed E-state index contributed by atoms with van der Waals surface area (Å²) in [4.78, 5) is 3.29. The van der Waals surface area contributed by atoms with Crippen LogP contribution in [0.1, 0.15) is 13.3 Å². The maximum atomic E-state index is 12.5. The first kappa shape index (κ1) is 12.0. The van der Waals surface area contributed by atoms with E-state index in [0.717, 1.165) is 22.8 Å². The lowest BCUT2D eigenvalue weighted by Crippen LogP contribution is -2.39. The van der Waals surface area contributed by atoms with Gasteiger partial charge in [0.1, 0.15) is 0 Å². The second-order valence-electron chi connectivity index (χ2n) is 5.44. The highest BCUT2D eigenvalue weighted by molar-refractivity contribution is 7.85. The Balaban J connectivity index is 2.06. The minimum Gasteiger partial charge on any atom is -0.367 e. The highest BCUT2D eigenvalue weighted by Crippen LogP contribution is 2.36. The van der Waals surface area contributed by atoms with E-state index in [0.29, 0.717) is 17.9 Å². The molecule has 18 heavy (non-hydrogen) atoms. The molecule has 0 saturated carbocycles. The zero-order valence-corrected chi connectivity index (χ0v) is 11.7.